The fraction of sp³-hybridized carbons (Fsp3) is 0.391. The second-order valence-corrected chi connectivity index (χ2v) is 7.69. The molecule has 2 saturated heterocycles. The molecule has 0 unspecified atom stereocenters. The van der Waals surface area contributed by atoms with E-state index in [0.717, 1.165) is 24.4 Å². The van der Waals surface area contributed by atoms with E-state index in [1.807, 2.05) is 12.3 Å². The second-order valence-electron chi connectivity index (χ2n) is 7.69. The molecule has 0 atom stereocenters. The molecule has 0 bridgehead atoms. The summed E-state index contributed by atoms with van der Waals surface area (Å²) in [5.41, 5.74) is 6.22. The number of fused-ring (bicyclic) bond motifs is 1. The first-order valence-corrected chi connectivity index (χ1v) is 10.3. The number of aromatic amines is 1. The lowest BCUT2D eigenvalue weighted by atomic mass is 10.0. The summed E-state index contributed by atoms with van der Waals surface area (Å²) in [5, 5.41) is 4.74. The largest absolute Gasteiger partial charge is 0.370 e. The summed E-state index contributed by atoms with van der Waals surface area (Å²) in [6, 6.07) is 4.56. The van der Waals surface area contributed by atoms with Crippen molar-refractivity contribution in [2.75, 3.05) is 36.0 Å². The number of hydrogen-bond acceptors (Lipinski definition) is 3. The van der Waals surface area contributed by atoms with Crippen LogP contribution in [0.2, 0.25) is 0 Å². The fourth-order valence-corrected chi connectivity index (χ4v) is 4.60. The van der Waals surface area contributed by atoms with Crippen LogP contribution in [0.15, 0.2) is 42.6 Å². The molecule has 0 amide bonds. The Hall–Kier alpha value is -2.62. The van der Waals surface area contributed by atoms with Crippen molar-refractivity contribution in [3.63, 3.8) is 0 Å². The fourth-order valence-electron chi connectivity index (χ4n) is 4.60. The molecular formula is C23H27N4. The summed E-state index contributed by atoms with van der Waals surface area (Å²) in [5.74, 6) is 0. The SMILES string of the molecule is [c]1[nH]c2ccc(N3CCCC3)c(N3CCCCC3)c2c1C1=CC=CC=CN1. The third-order valence-corrected chi connectivity index (χ3v) is 5.94. The number of H-pyrrole nitrogens is 1. The van der Waals surface area contributed by atoms with Crippen LogP contribution in [0.5, 0.6) is 0 Å². The number of hydrogen-bond donors (Lipinski definition) is 2. The van der Waals surface area contributed by atoms with E-state index >= 15 is 0 Å². The van der Waals surface area contributed by atoms with Gasteiger partial charge in [0.05, 0.1) is 17.6 Å². The highest BCUT2D eigenvalue weighted by atomic mass is 15.2. The number of aromatic nitrogens is 1. The van der Waals surface area contributed by atoms with Gasteiger partial charge in [0.25, 0.3) is 0 Å². The van der Waals surface area contributed by atoms with Gasteiger partial charge in [-0.25, -0.2) is 0 Å². The molecule has 139 valence electrons. The van der Waals surface area contributed by atoms with Crippen molar-refractivity contribution in [3.05, 3.63) is 54.4 Å². The first kappa shape index (κ1) is 16.5. The Labute approximate surface area is 161 Å². The van der Waals surface area contributed by atoms with Gasteiger partial charge < -0.3 is 20.1 Å². The quantitative estimate of drug-likeness (QED) is 0.842. The van der Waals surface area contributed by atoms with Crippen LogP contribution in [-0.4, -0.2) is 31.2 Å². The minimum atomic E-state index is 1.10. The van der Waals surface area contributed by atoms with Gasteiger partial charge >= 0.3 is 0 Å². The van der Waals surface area contributed by atoms with Crippen LogP contribution >= 0.6 is 0 Å². The van der Waals surface area contributed by atoms with E-state index in [-0.39, 0.29) is 0 Å². The van der Waals surface area contributed by atoms with Crippen molar-refractivity contribution >= 4 is 28.0 Å². The van der Waals surface area contributed by atoms with Gasteiger partial charge in [0.2, 0.25) is 0 Å². The lowest BCUT2D eigenvalue weighted by Crippen LogP contribution is -2.32. The molecule has 3 aliphatic heterocycles. The van der Waals surface area contributed by atoms with Crippen LogP contribution in [0.3, 0.4) is 0 Å². The molecule has 2 fully saturated rings. The third-order valence-electron chi connectivity index (χ3n) is 5.94. The average molecular weight is 359 g/mol. The number of piperidine rings is 1. The normalized spacial score (nSPS) is 20.1. The number of rotatable bonds is 3. The van der Waals surface area contributed by atoms with Gasteiger partial charge in [0.15, 0.2) is 0 Å². The number of anilines is 2. The van der Waals surface area contributed by atoms with E-state index < -0.39 is 0 Å². The zero-order chi connectivity index (χ0) is 18.1. The maximum absolute atomic E-state index is 3.44. The van der Waals surface area contributed by atoms with E-state index in [0.29, 0.717) is 0 Å². The second kappa shape index (κ2) is 7.18. The Morgan fingerprint density at radius 2 is 1.59 bits per heavy atom. The highest BCUT2D eigenvalue weighted by molar-refractivity contribution is 6.06. The van der Waals surface area contributed by atoms with Crippen LogP contribution in [0.1, 0.15) is 37.7 Å². The third kappa shape index (κ3) is 3.03. The minimum Gasteiger partial charge on any atom is -0.370 e. The molecule has 3 aliphatic rings. The predicted molar refractivity (Wildman–Crippen MR) is 114 cm³/mol. The van der Waals surface area contributed by atoms with Gasteiger partial charge in [0.1, 0.15) is 0 Å². The van der Waals surface area contributed by atoms with Crippen LogP contribution in [0.25, 0.3) is 16.6 Å². The molecule has 2 N–H and O–H groups in total. The van der Waals surface area contributed by atoms with Crippen molar-refractivity contribution in [1.82, 2.24) is 10.3 Å². The van der Waals surface area contributed by atoms with E-state index in [4.69, 9.17) is 0 Å². The maximum Gasteiger partial charge on any atom is 0.0733 e. The standard InChI is InChI=1S/C23H27N4/c1-3-9-19(24-12-4-1)18-17-25-20-10-11-21(26-13-7-8-14-26)23(22(18)20)27-15-5-2-6-16-27/h1,3-4,9-12,24-25H,2,5-8,13-16H2. The Bertz CT molecular complexity index is 906. The molecule has 0 saturated carbocycles. The molecule has 1 radical (unpaired) electrons. The van der Waals surface area contributed by atoms with Crippen molar-refractivity contribution < 1.29 is 0 Å². The summed E-state index contributed by atoms with van der Waals surface area (Å²) < 4.78 is 0. The number of allylic oxidation sites excluding steroid dienone is 4. The van der Waals surface area contributed by atoms with Gasteiger partial charge in [-0.3, -0.25) is 0 Å². The number of benzene rings is 1. The van der Waals surface area contributed by atoms with E-state index in [2.05, 4.69) is 56.7 Å². The summed E-state index contributed by atoms with van der Waals surface area (Å²) in [4.78, 5) is 8.60. The van der Waals surface area contributed by atoms with Crippen LogP contribution in [0.4, 0.5) is 11.4 Å². The zero-order valence-electron chi connectivity index (χ0n) is 15.8. The van der Waals surface area contributed by atoms with Crippen molar-refractivity contribution in [2.24, 2.45) is 0 Å². The van der Waals surface area contributed by atoms with E-state index in [9.17, 15) is 0 Å². The summed E-state index contributed by atoms with van der Waals surface area (Å²) in [6.45, 7) is 4.64. The molecule has 4 heteroatoms. The average Bonchev–Trinajstić information content (AvgIpc) is 3.32. The van der Waals surface area contributed by atoms with Crippen LogP contribution in [-0.2, 0) is 0 Å². The zero-order valence-corrected chi connectivity index (χ0v) is 15.8. The lowest BCUT2D eigenvalue weighted by molar-refractivity contribution is 0.579. The first-order chi connectivity index (χ1) is 13.4. The maximum atomic E-state index is 3.44. The molecule has 4 nitrogen and oxygen atoms in total. The Morgan fingerprint density at radius 1 is 0.815 bits per heavy atom. The molecule has 1 aromatic carbocycles. The topological polar surface area (TPSA) is 34.3 Å². The molecule has 0 spiro atoms. The van der Waals surface area contributed by atoms with Crippen LogP contribution in [0, 0.1) is 6.20 Å². The van der Waals surface area contributed by atoms with Crippen molar-refractivity contribution in [2.45, 2.75) is 32.1 Å². The Morgan fingerprint density at radius 3 is 2.44 bits per heavy atom. The summed E-state index contributed by atoms with van der Waals surface area (Å²) in [7, 11) is 0. The molecule has 5 rings (SSSR count). The van der Waals surface area contributed by atoms with Gasteiger partial charge in [-0.05, 0) is 56.4 Å². The van der Waals surface area contributed by atoms with Crippen molar-refractivity contribution in [1.29, 1.82) is 0 Å². The summed E-state index contributed by atoms with van der Waals surface area (Å²) in [6.07, 6.45) is 20.2. The molecule has 2 aromatic rings. The molecular weight excluding hydrogens is 332 g/mol. The number of nitrogens with zero attached hydrogens (tertiary/aromatic N) is 2. The number of nitrogens with one attached hydrogen (secondary N) is 2. The van der Waals surface area contributed by atoms with Crippen molar-refractivity contribution in [3.8, 4) is 0 Å². The van der Waals surface area contributed by atoms with E-state index in [1.165, 1.54) is 67.5 Å². The first-order valence-electron chi connectivity index (χ1n) is 10.3. The molecule has 0 aliphatic carbocycles. The lowest BCUT2D eigenvalue weighted by Gasteiger charge is -2.34. The van der Waals surface area contributed by atoms with Gasteiger partial charge in [0, 0.05) is 54.5 Å². The molecule has 4 heterocycles. The minimum absolute atomic E-state index is 1.10. The highest BCUT2D eigenvalue weighted by Gasteiger charge is 2.25. The Kier molecular flexibility index (Phi) is 4.40. The van der Waals surface area contributed by atoms with Crippen LogP contribution < -0.4 is 15.1 Å². The predicted octanol–water partition coefficient (Wildman–Crippen LogP) is 4.57. The molecule has 1 aromatic heterocycles. The van der Waals surface area contributed by atoms with Gasteiger partial charge in [-0.1, -0.05) is 12.2 Å². The van der Waals surface area contributed by atoms with E-state index in [1.54, 1.807) is 0 Å². The monoisotopic (exact) mass is 359 g/mol. The van der Waals surface area contributed by atoms with Gasteiger partial charge in [-0.2, -0.15) is 0 Å². The summed E-state index contributed by atoms with van der Waals surface area (Å²) >= 11 is 0. The smallest absolute Gasteiger partial charge is 0.0733 e. The molecule has 27 heavy (non-hydrogen) atoms. The Balaban J connectivity index is 1.70. The highest BCUT2D eigenvalue weighted by Crippen LogP contribution is 2.42. The van der Waals surface area contributed by atoms with Gasteiger partial charge in [-0.15, -0.1) is 0 Å².